The van der Waals surface area contributed by atoms with Gasteiger partial charge in [0.15, 0.2) is 0 Å². The standard InChI is InChI=1S/C25H32FN5O3/c1-14(2)34-22-18(15(3)24-29-16(4)21-23(27)28-10-12-31(21)24)8-9-19(26)20(22)25(32)30-11-6-7-17(30)13-33-5/h8-10,12,14-15,17H,6-7,11,13H2,1-5H3,(H2,27,28). The fourth-order valence-electron chi connectivity index (χ4n) is 4.80. The maximum Gasteiger partial charge on any atom is 0.260 e. The lowest BCUT2D eigenvalue weighted by molar-refractivity contribution is 0.0620. The van der Waals surface area contributed by atoms with Crippen molar-refractivity contribution in [2.75, 3.05) is 26.0 Å². The number of benzene rings is 1. The van der Waals surface area contributed by atoms with Gasteiger partial charge < -0.3 is 20.1 Å². The lowest BCUT2D eigenvalue weighted by Crippen LogP contribution is -2.39. The van der Waals surface area contributed by atoms with E-state index in [1.807, 2.05) is 32.1 Å². The molecule has 0 bridgehead atoms. The number of likely N-dealkylation sites (tertiary alicyclic amines) is 1. The third kappa shape index (κ3) is 4.20. The summed E-state index contributed by atoms with van der Waals surface area (Å²) in [7, 11) is 1.61. The van der Waals surface area contributed by atoms with Crippen LogP contribution in [-0.4, -0.2) is 57.6 Å². The number of ether oxygens (including phenoxy) is 2. The largest absolute Gasteiger partial charge is 0.490 e. The van der Waals surface area contributed by atoms with E-state index in [2.05, 4.69) is 4.98 Å². The Balaban J connectivity index is 1.84. The second kappa shape index (κ2) is 9.58. The van der Waals surface area contributed by atoms with Gasteiger partial charge in [0.1, 0.15) is 34.3 Å². The van der Waals surface area contributed by atoms with Crippen LogP contribution >= 0.6 is 0 Å². The number of aromatic nitrogens is 3. The zero-order chi connectivity index (χ0) is 24.6. The Labute approximate surface area is 198 Å². The molecule has 1 fully saturated rings. The first kappa shape index (κ1) is 23.9. The zero-order valence-corrected chi connectivity index (χ0v) is 20.3. The van der Waals surface area contributed by atoms with Gasteiger partial charge in [-0.15, -0.1) is 0 Å². The average Bonchev–Trinajstić information content (AvgIpc) is 3.38. The number of imidazole rings is 1. The van der Waals surface area contributed by atoms with Crippen molar-refractivity contribution < 1.29 is 18.7 Å². The van der Waals surface area contributed by atoms with Gasteiger partial charge in [-0.05, 0) is 39.7 Å². The van der Waals surface area contributed by atoms with E-state index in [4.69, 9.17) is 20.2 Å². The Bertz CT molecular complexity index is 1210. The molecule has 0 aliphatic carbocycles. The minimum Gasteiger partial charge on any atom is -0.490 e. The summed E-state index contributed by atoms with van der Waals surface area (Å²) in [6.07, 6.45) is 4.84. The van der Waals surface area contributed by atoms with Gasteiger partial charge in [0, 0.05) is 37.5 Å². The van der Waals surface area contributed by atoms with E-state index >= 15 is 4.39 Å². The Morgan fingerprint density at radius 1 is 1.32 bits per heavy atom. The first-order valence-corrected chi connectivity index (χ1v) is 11.6. The molecule has 2 N–H and O–H groups in total. The summed E-state index contributed by atoms with van der Waals surface area (Å²) in [4.78, 5) is 24.2. The highest BCUT2D eigenvalue weighted by Crippen LogP contribution is 2.38. The van der Waals surface area contributed by atoms with Crippen molar-refractivity contribution in [1.29, 1.82) is 0 Å². The number of halogens is 1. The number of methoxy groups -OCH3 is 1. The molecule has 1 aliphatic rings. The van der Waals surface area contributed by atoms with E-state index in [1.54, 1.807) is 30.5 Å². The first-order valence-electron chi connectivity index (χ1n) is 11.6. The van der Waals surface area contributed by atoms with Crippen LogP contribution in [0.3, 0.4) is 0 Å². The Kier molecular flexibility index (Phi) is 6.74. The third-order valence-corrected chi connectivity index (χ3v) is 6.34. The smallest absolute Gasteiger partial charge is 0.260 e. The van der Waals surface area contributed by atoms with E-state index in [-0.39, 0.29) is 35.3 Å². The molecule has 2 unspecified atom stereocenters. The van der Waals surface area contributed by atoms with E-state index in [0.717, 1.165) is 24.1 Å². The molecule has 0 spiro atoms. The molecular weight excluding hydrogens is 437 g/mol. The van der Waals surface area contributed by atoms with Crippen LogP contribution in [-0.2, 0) is 4.74 Å². The number of anilines is 1. The lowest BCUT2D eigenvalue weighted by Gasteiger charge is -2.27. The summed E-state index contributed by atoms with van der Waals surface area (Å²) >= 11 is 0. The van der Waals surface area contributed by atoms with Crippen LogP contribution in [0, 0.1) is 12.7 Å². The fraction of sp³-hybridized carbons (Fsp3) is 0.480. The molecule has 0 saturated carbocycles. The molecule has 182 valence electrons. The van der Waals surface area contributed by atoms with Gasteiger partial charge in [-0.3, -0.25) is 9.20 Å². The van der Waals surface area contributed by atoms with Gasteiger partial charge in [-0.25, -0.2) is 14.4 Å². The molecule has 9 heteroatoms. The van der Waals surface area contributed by atoms with Crippen molar-refractivity contribution in [2.45, 2.75) is 58.6 Å². The summed E-state index contributed by atoms with van der Waals surface area (Å²) in [5, 5.41) is 0. The molecule has 1 amide bonds. The quantitative estimate of drug-likeness (QED) is 0.563. The van der Waals surface area contributed by atoms with E-state index in [1.165, 1.54) is 6.07 Å². The number of aryl methyl sites for hydroxylation is 1. The molecule has 1 aliphatic heterocycles. The Morgan fingerprint density at radius 2 is 2.09 bits per heavy atom. The number of nitrogens with two attached hydrogens (primary N) is 1. The third-order valence-electron chi connectivity index (χ3n) is 6.34. The number of nitrogens with zero attached hydrogens (tertiary/aromatic N) is 4. The number of carbonyl (C=O) groups is 1. The molecule has 2 aromatic heterocycles. The number of hydrogen-bond donors (Lipinski definition) is 1. The van der Waals surface area contributed by atoms with Crippen LogP contribution < -0.4 is 10.5 Å². The number of amides is 1. The predicted octanol–water partition coefficient (Wildman–Crippen LogP) is 3.95. The number of fused-ring (bicyclic) bond motifs is 1. The fourth-order valence-corrected chi connectivity index (χ4v) is 4.80. The highest BCUT2D eigenvalue weighted by atomic mass is 19.1. The molecule has 2 atom stereocenters. The minimum absolute atomic E-state index is 0.0418. The van der Waals surface area contributed by atoms with Crippen LogP contribution in [0.4, 0.5) is 10.2 Å². The monoisotopic (exact) mass is 469 g/mol. The molecule has 4 rings (SSSR count). The van der Waals surface area contributed by atoms with Crippen molar-refractivity contribution in [3.05, 3.63) is 53.0 Å². The second-order valence-corrected chi connectivity index (χ2v) is 9.07. The molecule has 8 nitrogen and oxygen atoms in total. The van der Waals surface area contributed by atoms with Gasteiger partial charge in [-0.1, -0.05) is 13.0 Å². The van der Waals surface area contributed by atoms with Crippen molar-refractivity contribution in [2.24, 2.45) is 0 Å². The molecule has 34 heavy (non-hydrogen) atoms. The van der Waals surface area contributed by atoms with Crippen LogP contribution in [0.2, 0.25) is 0 Å². The molecule has 0 radical (unpaired) electrons. The average molecular weight is 470 g/mol. The van der Waals surface area contributed by atoms with Crippen LogP contribution in [0.1, 0.15) is 67.0 Å². The summed E-state index contributed by atoms with van der Waals surface area (Å²) in [5.74, 6) is 0.0670. The lowest BCUT2D eigenvalue weighted by atomic mass is 9.95. The van der Waals surface area contributed by atoms with Crippen molar-refractivity contribution >= 4 is 17.2 Å². The Morgan fingerprint density at radius 3 is 2.79 bits per heavy atom. The molecule has 3 aromatic rings. The highest BCUT2D eigenvalue weighted by Gasteiger charge is 2.35. The summed E-state index contributed by atoms with van der Waals surface area (Å²) in [6, 6.07) is 2.93. The maximum atomic E-state index is 15.3. The highest BCUT2D eigenvalue weighted by molar-refractivity contribution is 5.98. The van der Waals surface area contributed by atoms with Gasteiger partial charge in [0.05, 0.1) is 24.4 Å². The maximum absolute atomic E-state index is 15.3. The number of carbonyl (C=O) groups excluding carboxylic acids is 1. The molecule has 1 aromatic carbocycles. The number of rotatable bonds is 7. The first-order chi connectivity index (χ1) is 16.2. The van der Waals surface area contributed by atoms with Crippen LogP contribution in [0.25, 0.3) is 5.52 Å². The summed E-state index contributed by atoms with van der Waals surface area (Å²) < 4.78 is 28.6. The van der Waals surface area contributed by atoms with Gasteiger partial charge in [0.2, 0.25) is 0 Å². The summed E-state index contributed by atoms with van der Waals surface area (Å²) in [6.45, 7) is 8.53. The van der Waals surface area contributed by atoms with Gasteiger partial charge >= 0.3 is 0 Å². The number of hydrogen-bond acceptors (Lipinski definition) is 6. The van der Waals surface area contributed by atoms with Crippen molar-refractivity contribution in [3.63, 3.8) is 0 Å². The van der Waals surface area contributed by atoms with Crippen molar-refractivity contribution in [1.82, 2.24) is 19.3 Å². The van der Waals surface area contributed by atoms with E-state index in [9.17, 15) is 4.79 Å². The normalized spacial score (nSPS) is 17.0. The minimum atomic E-state index is -0.600. The predicted molar refractivity (Wildman–Crippen MR) is 128 cm³/mol. The molecular formula is C25H32FN5O3. The van der Waals surface area contributed by atoms with Crippen LogP contribution in [0.5, 0.6) is 5.75 Å². The molecule has 3 heterocycles. The molecule has 1 saturated heterocycles. The second-order valence-electron chi connectivity index (χ2n) is 9.07. The van der Waals surface area contributed by atoms with Crippen molar-refractivity contribution in [3.8, 4) is 5.75 Å². The van der Waals surface area contributed by atoms with E-state index < -0.39 is 5.82 Å². The van der Waals surface area contributed by atoms with Gasteiger partial charge in [-0.2, -0.15) is 0 Å². The Hall–Kier alpha value is -3.20. The SMILES string of the molecule is COCC1CCCN1C(=O)c1c(F)ccc(C(C)c2nc(C)c3c(N)nccn23)c1OC(C)C. The van der Waals surface area contributed by atoms with Gasteiger partial charge in [0.25, 0.3) is 5.91 Å². The van der Waals surface area contributed by atoms with E-state index in [0.29, 0.717) is 30.4 Å². The topological polar surface area (TPSA) is 95.0 Å². The van der Waals surface area contributed by atoms with Crippen LogP contribution in [0.15, 0.2) is 24.5 Å². The number of nitrogen functional groups attached to an aromatic ring is 1. The summed E-state index contributed by atoms with van der Waals surface area (Å²) in [5.41, 5.74) is 8.21. The zero-order valence-electron chi connectivity index (χ0n) is 20.3.